The molecule has 0 atom stereocenters. The Bertz CT molecular complexity index is 763. The molecule has 1 aromatic carbocycles. The minimum atomic E-state index is 0.134. The van der Waals surface area contributed by atoms with E-state index in [1.807, 2.05) is 29.2 Å². The minimum absolute atomic E-state index is 0.134. The lowest BCUT2D eigenvalue weighted by atomic mass is 9.73. The summed E-state index contributed by atoms with van der Waals surface area (Å²) in [5.41, 5.74) is 2.06. The van der Waals surface area contributed by atoms with Crippen molar-refractivity contribution in [2.75, 3.05) is 26.2 Å². The van der Waals surface area contributed by atoms with Crippen LogP contribution < -0.4 is 5.32 Å². The van der Waals surface area contributed by atoms with Crippen LogP contribution in [0.1, 0.15) is 42.5 Å². The van der Waals surface area contributed by atoms with E-state index >= 15 is 0 Å². The molecule has 0 saturated carbocycles. The van der Waals surface area contributed by atoms with Crippen molar-refractivity contribution in [3.8, 4) is 11.4 Å². The van der Waals surface area contributed by atoms with Gasteiger partial charge in [-0.05, 0) is 68.0 Å². The summed E-state index contributed by atoms with van der Waals surface area (Å²) < 4.78 is 0. The number of aryl methyl sites for hydroxylation is 1. The summed E-state index contributed by atoms with van der Waals surface area (Å²) in [6.45, 7) is 3.96. The molecule has 2 fully saturated rings. The number of piperidine rings is 1. The van der Waals surface area contributed by atoms with E-state index in [2.05, 4.69) is 20.7 Å². The molecule has 7 heteroatoms. The number of nitrogens with zero attached hydrogens (tertiary/aromatic N) is 5. The van der Waals surface area contributed by atoms with Crippen molar-refractivity contribution >= 4 is 5.91 Å². The number of rotatable bonds is 2. The van der Waals surface area contributed by atoms with Crippen LogP contribution in [0.3, 0.4) is 0 Å². The zero-order valence-corrected chi connectivity index (χ0v) is 15.3. The molecule has 2 saturated heterocycles. The van der Waals surface area contributed by atoms with Gasteiger partial charge in [-0.3, -0.25) is 4.79 Å². The molecule has 4 rings (SSSR count). The van der Waals surface area contributed by atoms with E-state index in [9.17, 15) is 4.79 Å². The molecule has 1 amide bonds. The fourth-order valence-corrected chi connectivity index (χ4v) is 4.26. The second-order valence-electron chi connectivity index (χ2n) is 7.58. The molecule has 1 spiro atoms. The Hall–Kier alpha value is -2.28. The van der Waals surface area contributed by atoms with Gasteiger partial charge in [0.1, 0.15) is 0 Å². The molecular weight excluding hydrogens is 328 g/mol. The maximum absolute atomic E-state index is 12.9. The van der Waals surface area contributed by atoms with Crippen LogP contribution in [0.15, 0.2) is 24.3 Å². The average Bonchev–Trinajstić information content (AvgIpc) is 3.01. The maximum atomic E-state index is 12.9. The lowest BCUT2D eigenvalue weighted by Gasteiger charge is -2.37. The van der Waals surface area contributed by atoms with Crippen molar-refractivity contribution in [3.63, 3.8) is 0 Å². The van der Waals surface area contributed by atoms with E-state index in [4.69, 9.17) is 0 Å². The zero-order valence-electron chi connectivity index (χ0n) is 15.3. The number of carbonyl (C=O) groups is 1. The molecule has 1 aromatic heterocycles. The number of aromatic nitrogens is 4. The van der Waals surface area contributed by atoms with E-state index in [0.717, 1.165) is 50.1 Å². The number of tetrazole rings is 1. The number of likely N-dealkylation sites (tertiary alicyclic amines) is 1. The maximum Gasteiger partial charge on any atom is 0.253 e. The molecule has 26 heavy (non-hydrogen) atoms. The van der Waals surface area contributed by atoms with Gasteiger partial charge in [0.05, 0.1) is 7.05 Å². The largest absolute Gasteiger partial charge is 0.339 e. The van der Waals surface area contributed by atoms with Gasteiger partial charge in [-0.1, -0.05) is 12.1 Å². The molecule has 7 nitrogen and oxygen atoms in total. The third-order valence-corrected chi connectivity index (χ3v) is 5.90. The molecule has 0 radical (unpaired) electrons. The van der Waals surface area contributed by atoms with Crippen LogP contribution in [0.4, 0.5) is 0 Å². The normalized spacial score (nSPS) is 20.1. The second-order valence-corrected chi connectivity index (χ2v) is 7.58. The van der Waals surface area contributed by atoms with Crippen LogP contribution in [0.2, 0.25) is 0 Å². The highest BCUT2D eigenvalue weighted by Crippen LogP contribution is 2.39. The number of hydrogen-bond acceptors (Lipinski definition) is 5. The van der Waals surface area contributed by atoms with Crippen molar-refractivity contribution in [3.05, 3.63) is 29.8 Å². The molecule has 1 N–H and O–H groups in total. The van der Waals surface area contributed by atoms with Crippen LogP contribution in [0.25, 0.3) is 11.4 Å². The molecule has 2 aliphatic heterocycles. The van der Waals surface area contributed by atoms with E-state index in [1.165, 1.54) is 24.1 Å². The monoisotopic (exact) mass is 354 g/mol. The Balaban J connectivity index is 1.44. The Morgan fingerprint density at radius 2 is 1.85 bits per heavy atom. The van der Waals surface area contributed by atoms with Crippen LogP contribution >= 0.6 is 0 Å². The predicted molar refractivity (Wildman–Crippen MR) is 98.5 cm³/mol. The first-order valence-electron chi connectivity index (χ1n) is 9.50. The summed E-state index contributed by atoms with van der Waals surface area (Å²) in [5, 5.41) is 15.5. The first-order chi connectivity index (χ1) is 12.7. The van der Waals surface area contributed by atoms with Crippen LogP contribution in [-0.4, -0.2) is 57.2 Å². The SMILES string of the molecule is Cn1nnc(-c2ccc(C(=O)N3CCCC4(CCNCC4)CC3)cc2)n1. The summed E-state index contributed by atoms with van der Waals surface area (Å²) in [5.74, 6) is 0.712. The van der Waals surface area contributed by atoms with Gasteiger partial charge >= 0.3 is 0 Å². The molecule has 0 unspecified atom stereocenters. The quantitative estimate of drug-likeness (QED) is 0.891. The Kier molecular flexibility index (Phi) is 4.72. The number of hydrogen-bond donors (Lipinski definition) is 1. The topological polar surface area (TPSA) is 75.9 Å². The van der Waals surface area contributed by atoms with Crippen molar-refractivity contribution < 1.29 is 4.79 Å². The summed E-state index contributed by atoms with van der Waals surface area (Å²) in [6, 6.07) is 7.55. The molecule has 2 aromatic rings. The average molecular weight is 354 g/mol. The fourth-order valence-electron chi connectivity index (χ4n) is 4.26. The van der Waals surface area contributed by atoms with Crippen LogP contribution in [0, 0.1) is 5.41 Å². The van der Waals surface area contributed by atoms with Gasteiger partial charge in [-0.25, -0.2) is 0 Å². The summed E-state index contributed by atoms with van der Waals surface area (Å²) in [7, 11) is 1.74. The number of carbonyl (C=O) groups excluding carboxylic acids is 1. The molecule has 138 valence electrons. The Morgan fingerprint density at radius 1 is 1.08 bits per heavy atom. The van der Waals surface area contributed by atoms with Gasteiger partial charge in [0.2, 0.25) is 5.82 Å². The smallest absolute Gasteiger partial charge is 0.253 e. The highest BCUT2D eigenvalue weighted by atomic mass is 16.2. The van der Waals surface area contributed by atoms with E-state index in [0.29, 0.717) is 11.2 Å². The van der Waals surface area contributed by atoms with Gasteiger partial charge in [-0.2, -0.15) is 4.80 Å². The number of benzene rings is 1. The predicted octanol–water partition coefficient (Wildman–Crippen LogP) is 1.87. The van der Waals surface area contributed by atoms with E-state index in [1.54, 1.807) is 7.05 Å². The minimum Gasteiger partial charge on any atom is -0.339 e. The fraction of sp³-hybridized carbons (Fsp3) is 0.579. The zero-order chi connectivity index (χ0) is 18.0. The molecule has 0 aliphatic carbocycles. The van der Waals surface area contributed by atoms with Crippen molar-refractivity contribution in [1.29, 1.82) is 0 Å². The summed E-state index contributed by atoms with van der Waals surface area (Å²) >= 11 is 0. The lowest BCUT2D eigenvalue weighted by Crippen LogP contribution is -2.38. The molecule has 2 aliphatic rings. The van der Waals surface area contributed by atoms with Gasteiger partial charge < -0.3 is 10.2 Å². The van der Waals surface area contributed by atoms with Gasteiger partial charge in [0, 0.05) is 24.2 Å². The van der Waals surface area contributed by atoms with Crippen molar-refractivity contribution in [2.45, 2.75) is 32.1 Å². The van der Waals surface area contributed by atoms with Gasteiger partial charge in [0.15, 0.2) is 0 Å². The lowest BCUT2D eigenvalue weighted by molar-refractivity contribution is 0.0750. The van der Waals surface area contributed by atoms with Gasteiger partial charge in [-0.15, -0.1) is 10.2 Å². The molecule has 3 heterocycles. The van der Waals surface area contributed by atoms with E-state index < -0.39 is 0 Å². The third kappa shape index (κ3) is 3.49. The molecular formula is C19H26N6O. The first kappa shape index (κ1) is 17.1. The van der Waals surface area contributed by atoms with Crippen molar-refractivity contribution in [1.82, 2.24) is 30.4 Å². The summed E-state index contributed by atoms with van der Waals surface area (Å²) in [4.78, 5) is 16.4. The number of amides is 1. The first-order valence-corrected chi connectivity index (χ1v) is 9.50. The Labute approximate surface area is 153 Å². The molecule has 0 bridgehead atoms. The second kappa shape index (κ2) is 7.15. The summed E-state index contributed by atoms with van der Waals surface area (Å²) in [6.07, 6.45) is 5.97. The highest BCUT2D eigenvalue weighted by molar-refractivity contribution is 5.94. The standard InChI is InChI=1S/C19H26N6O/c1-24-22-17(21-23-24)15-3-5-16(6-4-15)18(26)25-13-2-7-19(10-14-25)8-11-20-12-9-19/h3-6,20H,2,7-14H2,1H3. The highest BCUT2D eigenvalue weighted by Gasteiger charge is 2.34. The Morgan fingerprint density at radius 3 is 2.54 bits per heavy atom. The van der Waals surface area contributed by atoms with Crippen LogP contribution in [-0.2, 0) is 7.05 Å². The van der Waals surface area contributed by atoms with E-state index in [-0.39, 0.29) is 5.91 Å². The van der Waals surface area contributed by atoms with Gasteiger partial charge in [0.25, 0.3) is 5.91 Å². The number of nitrogens with one attached hydrogen (secondary N) is 1. The van der Waals surface area contributed by atoms with Crippen molar-refractivity contribution in [2.24, 2.45) is 12.5 Å². The van der Waals surface area contributed by atoms with Crippen LogP contribution in [0.5, 0.6) is 0 Å². The third-order valence-electron chi connectivity index (χ3n) is 5.90.